The standard InChI is InChI=1S/C13H12FNO3/c1-7-9-4-3-8(14)5-11(9)15(2)13(18)10(7)6-12(16)17/h3-5H,6H2,1-2H3,(H,16,17). The van der Waals surface area contributed by atoms with E-state index in [1.807, 2.05) is 0 Å². The first-order valence-electron chi connectivity index (χ1n) is 5.41. The Labute approximate surface area is 102 Å². The molecule has 2 aromatic rings. The summed E-state index contributed by atoms with van der Waals surface area (Å²) in [5.74, 6) is -1.49. The zero-order chi connectivity index (χ0) is 13.4. The molecule has 0 radical (unpaired) electrons. The van der Waals surface area contributed by atoms with Crippen molar-refractivity contribution in [2.45, 2.75) is 13.3 Å². The van der Waals surface area contributed by atoms with Gasteiger partial charge < -0.3 is 9.67 Å². The summed E-state index contributed by atoms with van der Waals surface area (Å²) < 4.78 is 14.5. The molecule has 4 nitrogen and oxygen atoms in total. The van der Waals surface area contributed by atoms with Gasteiger partial charge in [-0.3, -0.25) is 9.59 Å². The van der Waals surface area contributed by atoms with Crippen molar-refractivity contribution in [2.24, 2.45) is 7.05 Å². The van der Waals surface area contributed by atoms with Crippen LogP contribution in [0.25, 0.3) is 10.9 Å². The molecule has 2 rings (SSSR count). The van der Waals surface area contributed by atoms with E-state index in [0.717, 1.165) is 0 Å². The molecule has 0 saturated carbocycles. The number of benzene rings is 1. The average molecular weight is 249 g/mol. The van der Waals surface area contributed by atoms with Crippen molar-refractivity contribution < 1.29 is 14.3 Å². The Morgan fingerprint density at radius 3 is 2.72 bits per heavy atom. The maximum Gasteiger partial charge on any atom is 0.308 e. The van der Waals surface area contributed by atoms with Crippen molar-refractivity contribution in [1.82, 2.24) is 4.57 Å². The van der Waals surface area contributed by atoms with Gasteiger partial charge in [0.05, 0.1) is 11.9 Å². The molecule has 0 aliphatic heterocycles. The molecule has 5 heteroatoms. The van der Waals surface area contributed by atoms with Gasteiger partial charge in [-0.1, -0.05) is 0 Å². The van der Waals surface area contributed by atoms with E-state index in [4.69, 9.17) is 5.11 Å². The molecule has 0 bridgehead atoms. The van der Waals surface area contributed by atoms with Crippen molar-refractivity contribution >= 4 is 16.9 Å². The summed E-state index contributed by atoms with van der Waals surface area (Å²) in [5.41, 5.74) is 0.902. The number of carbonyl (C=O) groups is 1. The number of pyridine rings is 1. The van der Waals surface area contributed by atoms with Crippen LogP contribution in [0.1, 0.15) is 11.1 Å². The molecule has 0 spiro atoms. The maximum absolute atomic E-state index is 13.2. The first kappa shape index (κ1) is 12.3. The summed E-state index contributed by atoms with van der Waals surface area (Å²) in [4.78, 5) is 22.8. The van der Waals surface area contributed by atoms with Gasteiger partial charge in [-0.05, 0) is 30.7 Å². The molecule has 0 aliphatic carbocycles. The Morgan fingerprint density at radius 1 is 1.44 bits per heavy atom. The van der Waals surface area contributed by atoms with Crippen LogP contribution in [0.4, 0.5) is 4.39 Å². The van der Waals surface area contributed by atoms with Gasteiger partial charge in [0, 0.05) is 18.0 Å². The van der Waals surface area contributed by atoms with E-state index in [9.17, 15) is 14.0 Å². The van der Waals surface area contributed by atoms with E-state index < -0.39 is 17.3 Å². The second kappa shape index (κ2) is 4.25. The van der Waals surface area contributed by atoms with Crippen molar-refractivity contribution in [1.29, 1.82) is 0 Å². The van der Waals surface area contributed by atoms with Crippen LogP contribution < -0.4 is 5.56 Å². The zero-order valence-corrected chi connectivity index (χ0v) is 10.0. The number of aromatic nitrogens is 1. The normalized spacial score (nSPS) is 10.8. The Morgan fingerprint density at radius 2 is 2.11 bits per heavy atom. The fourth-order valence-corrected chi connectivity index (χ4v) is 2.09. The predicted octanol–water partition coefficient (Wildman–Crippen LogP) is 1.61. The van der Waals surface area contributed by atoms with E-state index in [0.29, 0.717) is 16.5 Å². The molecular weight excluding hydrogens is 237 g/mol. The summed E-state index contributed by atoms with van der Waals surface area (Å²) in [6.07, 6.45) is -0.328. The molecule has 0 amide bonds. The van der Waals surface area contributed by atoms with Crippen LogP contribution in [0.2, 0.25) is 0 Å². The zero-order valence-electron chi connectivity index (χ0n) is 10.0. The van der Waals surface area contributed by atoms with Crippen LogP contribution in [-0.4, -0.2) is 15.6 Å². The van der Waals surface area contributed by atoms with E-state index in [2.05, 4.69) is 0 Å². The summed E-state index contributed by atoms with van der Waals surface area (Å²) in [6.45, 7) is 1.68. The van der Waals surface area contributed by atoms with Crippen LogP contribution in [-0.2, 0) is 18.3 Å². The molecule has 1 heterocycles. The van der Waals surface area contributed by atoms with Crippen LogP contribution >= 0.6 is 0 Å². The molecule has 1 N–H and O–H groups in total. The lowest BCUT2D eigenvalue weighted by Gasteiger charge is -2.11. The fraction of sp³-hybridized carbons (Fsp3) is 0.231. The maximum atomic E-state index is 13.2. The number of carboxylic acid groups (broad SMARTS) is 1. The third-order valence-corrected chi connectivity index (χ3v) is 3.07. The second-order valence-corrected chi connectivity index (χ2v) is 4.20. The monoisotopic (exact) mass is 249 g/mol. The topological polar surface area (TPSA) is 59.3 Å². The molecule has 1 aromatic carbocycles. The van der Waals surface area contributed by atoms with Gasteiger partial charge in [0.1, 0.15) is 5.82 Å². The SMILES string of the molecule is Cc1c(CC(=O)O)c(=O)n(C)c2cc(F)ccc12. The van der Waals surface area contributed by atoms with Gasteiger partial charge in [-0.15, -0.1) is 0 Å². The molecule has 1 aromatic heterocycles. The van der Waals surface area contributed by atoms with E-state index >= 15 is 0 Å². The summed E-state index contributed by atoms with van der Waals surface area (Å²) in [6, 6.07) is 4.13. The van der Waals surface area contributed by atoms with Crippen LogP contribution in [0.3, 0.4) is 0 Å². The van der Waals surface area contributed by atoms with E-state index in [1.54, 1.807) is 13.0 Å². The van der Waals surface area contributed by atoms with Crippen molar-refractivity contribution in [2.75, 3.05) is 0 Å². The van der Waals surface area contributed by atoms with Gasteiger partial charge in [0.15, 0.2) is 0 Å². The lowest BCUT2D eigenvalue weighted by Crippen LogP contribution is -2.25. The molecule has 0 atom stereocenters. The number of aliphatic carboxylic acids is 1. The number of hydrogen-bond donors (Lipinski definition) is 1. The summed E-state index contributed by atoms with van der Waals surface area (Å²) in [7, 11) is 1.51. The number of rotatable bonds is 2. The van der Waals surface area contributed by atoms with Gasteiger partial charge in [-0.2, -0.15) is 0 Å². The molecule has 18 heavy (non-hydrogen) atoms. The number of halogens is 1. The third kappa shape index (κ3) is 1.88. The van der Waals surface area contributed by atoms with Crippen LogP contribution in [0.5, 0.6) is 0 Å². The van der Waals surface area contributed by atoms with Crippen molar-refractivity contribution in [3.63, 3.8) is 0 Å². The van der Waals surface area contributed by atoms with E-state index in [1.165, 1.54) is 23.7 Å². The summed E-state index contributed by atoms with van der Waals surface area (Å²) >= 11 is 0. The number of hydrogen-bond acceptors (Lipinski definition) is 2. The number of aryl methyl sites for hydroxylation is 2. The Balaban J connectivity index is 2.87. The first-order valence-corrected chi connectivity index (χ1v) is 5.41. The highest BCUT2D eigenvalue weighted by Gasteiger charge is 2.14. The second-order valence-electron chi connectivity index (χ2n) is 4.20. The van der Waals surface area contributed by atoms with Gasteiger partial charge in [-0.25, -0.2) is 4.39 Å². The molecule has 0 fully saturated rings. The Kier molecular flexibility index (Phi) is 2.90. The van der Waals surface area contributed by atoms with Gasteiger partial charge >= 0.3 is 5.97 Å². The largest absolute Gasteiger partial charge is 0.481 e. The Hall–Kier alpha value is -2.17. The van der Waals surface area contributed by atoms with E-state index in [-0.39, 0.29) is 12.0 Å². The fourth-order valence-electron chi connectivity index (χ4n) is 2.09. The van der Waals surface area contributed by atoms with Gasteiger partial charge in [0.2, 0.25) is 0 Å². The Bertz CT molecular complexity index is 703. The first-order chi connectivity index (χ1) is 8.41. The molecule has 0 unspecified atom stereocenters. The highest BCUT2D eigenvalue weighted by Crippen LogP contribution is 2.20. The predicted molar refractivity (Wildman–Crippen MR) is 65.2 cm³/mol. The molecular formula is C13H12FNO3. The minimum Gasteiger partial charge on any atom is -0.481 e. The number of carboxylic acids is 1. The highest BCUT2D eigenvalue weighted by atomic mass is 19.1. The summed E-state index contributed by atoms with van der Waals surface area (Å²) in [5, 5.41) is 9.50. The van der Waals surface area contributed by atoms with Crippen LogP contribution in [0.15, 0.2) is 23.0 Å². The number of fused-ring (bicyclic) bond motifs is 1. The van der Waals surface area contributed by atoms with Gasteiger partial charge in [0.25, 0.3) is 5.56 Å². The smallest absolute Gasteiger partial charge is 0.308 e. The lowest BCUT2D eigenvalue weighted by atomic mass is 10.0. The molecule has 0 aliphatic rings. The molecule has 0 saturated heterocycles. The van der Waals surface area contributed by atoms with Crippen LogP contribution in [0, 0.1) is 12.7 Å². The average Bonchev–Trinajstić information content (AvgIpc) is 2.31. The van der Waals surface area contributed by atoms with Crippen molar-refractivity contribution in [3.05, 3.63) is 45.5 Å². The molecule has 94 valence electrons. The highest BCUT2D eigenvalue weighted by molar-refractivity contribution is 5.84. The minimum atomic E-state index is -1.06. The minimum absolute atomic E-state index is 0.240. The lowest BCUT2D eigenvalue weighted by molar-refractivity contribution is -0.136. The number of nitrogens with zero attached hydrogens (tertiary/aromatic N) is 1. The van der Waals surface area contributed by atoms with Crippen molar-refractivity contribution in [3.8, 4) is 0 Å². The third-order valence-electron chi connectivity index (χ3n) is 3.07. The quantitative estimate of drug-likeness (QED) is 0.879.